The van der Waals surface area contributed by atoms with Gasteiger partial charge in [-0.05, 0) is 54.7 Å². The van der Waals surface area contributed by atoms with Crippen molar-refractivity contribution in [3.05, 3.63) is 53.6 Å². The minimum Gasteiger partial charge on any atom is -0.490 e. The lowest BCUT2D eigenvalue weighted by atomic mass is 9.85. The highest BCUT2D eigenvalue weighted by Gasteiger charge is 2.33. The first kappa shape index (κ1) is 20.1. The first-order chi connectivity index (χ1) is 15.3. The maximum atomic E-state index is 12.3. The Hall–Kier alpha value is -2.79. The van der Waals surface area contributed by atoms with Gasteiger partial charge in [0.25, 0.3) is 0 Å². The summed E-state index contributed by atoms with van der Waals surface area (Å²) in [5, 5.41) is 3.17. The molecule has 1 saturated heterocycles. The number of allylic oxidation sites excluding steroid dienone is 1. The van der Waals surface area contributed by atoms with Crippen LogP contribution in [0, 0.1) is 0 Å². The van der Waals surface area contributed by atoms with Crippen LogP contribution in [0.2, 0.25) is 0 Å². The molecular weight excluding hydrogens is 388 g/mol. The molecule has 0 unspecified atom stereocenters. The summed E-state index contributed by atoms with van der Waals surface area (Å²) >= 11 is 0. The lowest BCUT2D eigenvalue weighted by Gasteiger charge is -2.43. The molecule has 2 fully saturated rings. The molecule has 1 aliphatic carbocycles. The molecular formula is C26H30N2O3. The van der Waals surface area contributed by atoms with Crippen LogP contribution < -0.4 is 15.0 Å². The molecule has 0 aromatic heterocycles. The monoisotopic (exact) mass is 418 g/mol. The second kappa shape index (κ2) is 8.75. The van der Waals surface area contributed by atoms with Crippen LogP contribution in [0.3, 0.4) is 0 Å². The fraction of sp³-hybridized carbons (Fsp3) is 0.423. The van der Waals surface area contributed by atoms with Crippen LogP contribution in [-0.2, 0) is 9.53 Å². The third-order valence-corrected chi connectivity index (χ3v) is 6.85. The fourth-order valence-corrected chi connectivity index (χ4v) is 4.78. The molecule has 162 valence electrons. The lowest BCUT2D eigenvalue weighted by Crippen LogP contribution is -2.43. The molecule has 2 heterocycles. The number of ether oxygens (including phenoxy) is 2. The number of aldehydes is 1. The third kappa shape index (κ3) is 3.94. The highest BCUT2D eigenvalue weighted by molar-refractivity contribution is 6.21. The fourth-order valence-electron chi connectivity index (χ4n) is 4.78. The second-order valence-electron chi connectivity index (χ2n) is 8.66. The van der Waals surface area contributed by atoms with Crippen molar-refractivity contribution in [1.29, 1.82) is 0 Å². The molecule has 0 spiro atoms. The molecule has 0 bridgehead atoms. The van der Waals surface area contributed by atoms with Gasteiger partial charge < -0.3 is 19.7 Å². The molecule has 5 nitrogen and oxygen atoms in total. The van der Waals surface area contributed by atoms with E-state index in [-0.39, 0.29) is 6.10 Å². The average molecular weight is 419 g/mol. The molecule has 1 N–H and O–H groups in total. The molecule has 5 rings (SSSR count). The van der Waals surface area contributed by atoms with Gasteiger partial charge in [-0.15, -0.1) is 0 Å². The summed E-state index contributed by atoms with van der Waals surface area (Å²) in [6.45, 7) is 2.28. The highest BCUT2D eigenvalue weighted by Crippen LogP contribution is 2.43. The van der Waals surface area contributed by atoms with Crippen molar-refractivity contribution in [2.45, 2.75) is 44.2 Å². The topological polar surface area (TPSA) is 50.8 Å². The zero-order valence-corrected chi connectivity index (χ0v) is 18.1. The Morgan fingerprint density at radius 2 is 1.84 bits per heavy atom. The van der Waals surface area contributed by atoms with Crippen LogP contribution >= 0.6 is 0 Å². The Morgan fingerprint density at radius 1 is 1.06 bits per heavy atom. The van der Waals surface area contributed by atoms with Gasteiger partial charge in [-0.2, -0.15) is 0 Å². The van der Waals surface area contributed by atoms with Gasteiger partial charge >= 0.3 is 0 Å². The third-order valence-electron chi connectivity index (χ3n) is 6.85. The van der Waals surface area contributed by atoms with E-state index in [0.717, 1.165) is 78.3 Å². The number of nitrogens with one attached hydrogen (secondary N) is 1. The molecule has 2 aliphatic heterocycles. The minimum absolute atomic E-state index is 0.204. The second-order valence-corrected chi connectivity index (χ2v) is 8.66. The summed E-state index contributed by atoms with van der Waals surface area (Å²) in [6, 6.07) is 15.1. The number of carbonyl (C=O) groups is 1. The summed E-state index contributed by atoms with van der Waals surface area (Å²) in [7, 11) is 1.92. The van der Waals surface area contributed by atoms with Gasteiger partial charge in [0, 0.05) is 61.1 Å². The average Bonchev–Trinajstić information content (AvgIpc) is 2.78. The number of hydrogen-bond donors (Lipinski definition) is 1. The maximum absolute atomic E-state index is 12.3. The number of carbonyl (C=O) groups excluding carboxylic acids is 1. The molecule has 31 heavy (non-hydrogen) atoms. The van der Waals surface area contributed by atoms with E-state index in [0.29, 0.717) is 6.04 Å². The van der Waals surface area contributed by atoms with Crippen LogP contribution in [0.4, 0.5) is 11.4 Å². The van der Waals surface area contributed by atoms with E-state index >= 15 is 0 Å². The predicted octanol–water partition coefficient (Wildman–Crippen LogP) is 4.77. The molecule has 1 saturated carbocycles. The Labute approximate surface area is 184 Å². The van der Waals surface area contributed by atoms with Crippen molar-refractivity contribution in [2.75, 3.05) is 37.0 Å². The molecule has 5 heteroatoms. The summed E-state index contributed by atoms with van der Waals surface area (Å²) in [5.74, 6) is 0.891. The summed E-state index contributed by atoms with van der Waals surface area (Å²) in [6.07, 6.45) is 6.75. The number of nitrogens with zero attached hydrogens (tertiary/aromatic N) is 1. The van der Waals surface area contributed by atoms with E-state index in [1.165, 1.54) is 19.3 Å². The van der Waals surface area contributed by atoms with Gasteiger partial charge in [0.1, 0.15) is 11.9 Å². The van der Waals surface area contributed by atoms with Crippen LogP contribution in [-0.4, -0.2) is 45.2 Å². The summed E-state index contributed by atoms with van der Waals surface area (Å²) in [4.78, 5) is 14.7. The maximum Gasteiger partial charge on any atom is 0.151 e. The number of benzene rings is 2. The van der Waals surface area contributed by atoms with Crippen LogP contribution in [0.1, 0.15) is 43.2 Å². The van der Waals surface area contributed by atoms with Crippen LogP contribution in [0.25, 0.3) is 11.1 Å². The van der Waals surface area contributed by atoms with E-state index in [9.17, 15) is 4.79 Å². The van der Waals surface area contributed by atoms with E-state index in [1.807, 2.05) is 13.1 Å². The van der Waals surface area contributed by atoms with Gasteiger partial charge in [-0.3, -0.25) is 4.79 Å². The van der Waals surface area contributed by atoms with E-state index < -0.39 is 0 Å². The molecule has 0 amide bonds. The van der Waals surface area contributed by atoms with Gasteiger partial charge in [-0.25, -0.2) is 0 Å². The summed E-state index contributed by atoms with van der Waals surface area (Å²) in [5.41, 5.74) is 6.22. The van der Waals surface area contributed by atoms with Crippen LogP contribution in [0.5, 0.6) is 5.75 Å². The molecule has 2 aromatic carbocycles. The number of fused-ring (bicyclic) bond motifs is 1. The first-order valence-electron chi connectivity index (χ1n) is 11.4. The molecule has 0 atom stereocenters. The predicted molar refractivity (Wildman–Crippen MR) is 125 cm³/mol. The van der Waals surface area contributed by atoms with Gasteiger partial charge in [0.2, 0.25) is 0 Å². The van der Waals surface area contributed by atoms with Crippen molar-refractivity contribution in [3.63, 3.8) is 0 Å². The van der Waals surface area contributed by atoms with Gasteiger partial charge in [0.05, 0.1) is 13.2 Å². The standard InChI is InChI=1S/C26H30N2O3/c1-27-19-7-5-18(6-8-19)24-16-28(20-3-2-4-20)26-15-22(9-10-23(26)25(24)17-29)31-21-11-13-30-14-12-21/h5-10,15,17,20-21,27H,2-4,11-14,16H2,1H3. The van der Waals surface area contributed by atoms with Crippen molar-refractivity contribution in [3.8, 4) is 5.75 Å². The highest BCUT2D eigenvalue weighted by atomic mass is 16.5. The lowest BCUT2D eigenvalue weighted by molar-refractivity contribution is -0.103. The zero-order chi connectivity index (χ0) is 21.2. The number of rotatable bonds is 6. The smallest absolute Gasteiger partial charge is 0.151 e. The Bertz CT molecular complexity index is 973. The first-order valence-corrected chi connectivity index (χ1v) is 11.4. The van der Waals surface area contributed by atoms with Crippen molar-refractivity contribution in [1.82, 2.24) is 0 Å². The van der Waals surface area contributed by atoms with E-state index in [1.54, 1.807) is 0 Å². The van der Waals surface area contributed by atoms with Crippen molar-refractivity contribution >= 4 is 28.8 Å². The van der Waals surface area contributed by atoms with Crippen LogP contribution in [0.15, 0.2) is 42.5 Å². The molecule has 3 aliphatic rings. The quantitative estimate of drug-likeness (QED) is 0.685. The number of hydrogen-bond acceptors (Lipinski definition) is 5. The van der Waals surface area contributed by atoms with E-state index in [2.05, 4.69) is 46.6 Å². The van der Waals surface area contributed by atoms with Crippen molar-refractivity contribution < 1.29 is 14.3 Å². The largest absolute Gasteiger partial charge is 0.490 e. The van der Waals surface area contributed by atoms with Gasteiger partial charge in [-0.1, -0.05) is 12.1 Å². The minimum atomic E-state index is 0.204. The summed E-state index contributed by atoms with van der Waals surface area (Å²) < 4.78 is 11.7. The SMILES string of the molecule is CNc1ccc(C2=C(C=O)c3ccc(OC4CCOCC4)cc3N(C3CCC3)C2)cc1. The van der Waals surface area contributed by atoms with E-state index in [4.69, 9.17) is 9.47 Å². The molecule has 2 aromatic rings. The normalized spacial score (nSPS) is 19.6. The Morgan fingerprint density at radius 3 is 2.48 bits per heavy atom. The Kier molecular flexibility index (Phi) is 5.68. The van der Waals surface area contributed by atoms with Crippen molar-refractivity contribution in [2.24, 2.45) is 0 Å². The molecule has 0 radical (unpaired) electrons. The Balaban J connectivity index is 1.53. The number of anilines is 2. The van der Waals surface area contributed by atoms with Gasteiger partial charge in [0.15, 0.2) is 6.29 Å². The zero-order valence-electron chi connectivity index (χ0n) is 18.1.